The predicted molar refractivity (Wildman–Crippen MR) is 42.3 cm³/mol. The van der Waals surface area contributed by atoms with Crippen molar-refractivity contribution in [1.29, 1.82) is 0 Å². The van der Waals surface area contributed by atoms with Crippen molar-refractivity contribution in [3.8, 4) is 0 Å². The van der Waals surface area contributed by atoms with E-state index in [2.05, 4.69) is 0 Å². The summed E-state index contributed by atoms with van der Waals surface area (Å²) in [5.41, 5.74) is 0. The van der Waals surface area contributed by atoms with Crippen LogP contribution in [0.5, 0.6) is 0 Å². The largest absolute Gasteiger partial charge is 0.472 e. The Balaban J connectivity index is 6.17. The second kappa shape index (κ2) is 5.94. The first-order valence-electron chi connectivity index (χ1n) is 4.76. The molecule has 0 aliphatic heterocycles. The molecule has 0 unspecified atom stereocenters. The van der Waals surface area contributed by atoms with Crippen LogP contribution in [0.2, 0.25) is 0 Å². The number of halogens is 14. The number of ether oxygens (including phenoxy) is 1. The first-order chi connectivity index (χ1) is 10.3. The van der Waals surface area contributed by atoms with Gasteiger partial charge in [0.25, 0.3) is 0 Å². The van der Waals surface area contributed by atoms with Gasteiger partial charge in [0.15, 0.2) is 0 Å². The molecule has 24 heavy (non-hydrogen) atoms. The molecule has 0 amide bonds. The Morgan fingerprint density at radius 1 is 0.625 bits per heavy atom. The molecule has 142 valence electrons. The maximum Gasteiger partial charge on any atom is 0.472 e. The molecule has 0 spiro atoms. The summed E-state index contributed by atoms with van der Waals surface area (Å²) < 4.78 is 175. The molecule has 0 saturated carbocycles. The Morgan fingerprint density at radius 2 is 1.00 bits per heavy atom. The molecule has 0 radical (unpaired) electrons. The minimum absolute atomic E-state index is 1.76. The average Bonchev–Trinajstić information content (AvgIpc) is 2.36. The Kier molecular flexibility index (Phi) is 5.51. The van der Waals surface area contributed by atoms with Crippen LogP contribution >= 0.6 is 0 Å². The van der Waals surface area contributed by atoms with Crippen LogP contribution in [-0.4, -0.2) is 35.8 Å². The van der Waals surface area contributed by atoms with Crippen molar-refractivity contribution in [2.24, 2.45) is 0 Å². The molecule has 0 saturated heterocycles. The minimum atomic E-state index is -7.97. The van der Waals surface area contributed by atoms with Crippen LogP contribution in [-0.2, 0) is 9.53 Å². The van der Waals surface area contributed by atoms with Crippen molar-refractivity contribution < 1.29 is 71.0 Å². The molecule has 0 atom stereocenters. The van der Waals surface area contributed by atoms with Crippen LogP contribution in [0.3, 0.4) is 0 Å². The van der Waals surface area contributed by atoms with Gasteiger partial charge in [0.2, 0.25) is 0 Å². The summed E-state index contributed by atoms with van der Waals surface area (Å²) in [6.07, 6.45) is -11.2. The Labute approximate surface area is 120 Å². The third kappa shape index (κ3) is 3.09. The highest BCUT2D eigenvalue weighted by Gasteiger charge is 2.89. The number of rotatable bonds is 7. The van der Waals surface area contributed by atoms with Crippen LogP contribution in [0.4, 0.5) is 61.5 Å². The molecule has 0 fully saturated rings. The second-order valence-electron chi connectivity index (χ2n) is 3.72. The number of carbonyl (C=O) groups excluding carboxylic acids is 1. The maximum absolute atomic E-state index is 12.8. The van der Waals surface area contributed by atoms with Crippen LogP contribution in [0, 0.1) is 0 Å². The Hall–Kier alpha value is -1.77. The van der Waals surface area contributed by atoms with E-state index in [4.69, 9.17) is 0 Å². The molecule has 16 heteroatoms. The van der Waals surface area contributed by atoms with Crippen molar-refractivity contribution in [2.75, 3.05) is 0 Å². The maximum atomic E-state index is 12.8. The van der Waals surface area contributed by atoms with Crippen molar-refractivity contribution >= 4 is 6.04 Å². The van der Waals surface area contributed by atoms with E-state index in [1.54, 1.807) is 4.74 Å². The number of carbonyl (C=O) groups is 1. The molecule has 0 heterocycles. The van der Waals surface area contributed by atoms with E-state index in [0.29, 0.717) is 0 Å². The molecular weight excluding hydrogens is 394 g/mol. The summed E-state index contributed by atoms with van der Waals surface area (Å²) in [4.78, 5) is 9.54. The summed E-state index contributed by atoms with van der Waals surface area (Å²) in [6, 6.07) is -8.53. The lowest BCUT2D eigenvalue weighted by Crippen LogP contribution is -2.68. The third-order valence-electron chi connectivity index (χ3n) is 2.16. The number of hydrogen-bond acceptors (Lipinski definition) is 2. The van der Waals surface area contributed by atoms with Gasteiger partial charge in [-0.15, -0.1) is 0 Å². The monoisotopic (exact) mass is 394 g/mol. The van der Waals surface area contributed by atoms with Gasteiger partial charge in [-0.3, -0.25) is 4.79 Å². The van der Waals surface area contributed by atoms with E-state index in [0.717, 1.165) is 0 Å². The first kappa shape index (κ1) is 22.2. The normalized spacial score (nSPS) is 14.4. The summed E-state index contributed by atoms with van der Waals surface area (Å²) in [5.74, 6) is -30.8. The van der Waals surface area contributed by atoms with Gasteiger partial charge in [-0.05, 0) is 0 Å². The molecule has 0 aromatic heterocycles. The summed E-state index contributed by atoms with van der Waals surface area (Å²) in [5, 5.41) is 0. The number of alkyl halides is 10. The minimum Gasteiger partial charge on any atom is -0.397 e. The fraction of sp³-hybridized carbons (Fsp3) is 0.625. The van der Waals surface area contributed by atoms with Crippen molar-refractivity contribution in [3.05, 3.63) is 12.1 Å². The van der Waals surface area contributed by atoms with Crippen molar-refractivity contribution in [1.82, 2.24) is 0 Å². The Bertz CT molecular complexity index is 531. The van der Waals surface area contributed by atoms with Crippen molar-refractivity contribution in [2.45, 2.75) is 29.8 Å². The van der Waals surface area contributed by atoms with Gasteiger partial charge in [-0.2, -0.15) is 61.5 Å². The fourth-order valence-electron chi connectivity index (χ4n) is 0.916. The molecule has 0 aromatic carbocycles. The van der Waals surface area contributed by atoms with Gasteiger partial charge in [-0.25, -0.2) is 0 Å². The first-order valence-corrected chi connectivity index (χ1v) is 4.76. The van der Waals surface area contributed by atoms with E-state index < -0.39 is 47.9 Å². The Morgan fingerprint density at radius 3 is 1.29 bits per heavy atom. The van der Waals surface area contributed by atoms with E-state index in [9.17, 15) is 66.3 Å². The van der Waals surface area contributed by atoms with Gasteiger partial charge in [0, 0.05) is 0 Å². The zero-order valence-electron chi connectivity index (χ0n) is 10.1. The van der Waals surface area contributed by atoms with Crippen LogP contribution < -0.4 is 0 Å². The lowest BCUT2D eigenvalue weighted by Gasteiger charge is -2.37. The highest BCUT2D eigenvalue weighted by atomic mass is 19.4. The zero-order valence-corrected chi connectivity index (χ0v) is 10.1. The fourth-order valence-corrected chi connectivity index (χ4v) is 0.916. The lowest BCUT2D eigenvalue weighted by molar-refractivity contribution is -0.438. The van der Waals surface area contributed by atoms with E-state index in [1.165, 1.54) is 0 Å². The highest BCUT2D eigenvalue weighted by Crippen LogP contribution is 2.57. The molecule has 0 aromatic rings. The van der Waals surface area contributed by atoms with Crippen LogP contribution in [0.15, 0.2) is 12.1 Å². The van der Waals surface area contributed by atoms with Gasteiger partial charge >= 0.3 is 47.9 Å². The molecule has 2 nitrogen and oxygen atoms in total. The lowest BCUT2D eigenvalue weighted by atomic mass is 9.98. The molecule has 0 bridgehead atoms. The topological polar surface area (TPSA) is 26.3 Å². The second-order valence-corrected chi connectivity index (χ2v) is 3.72. The average molecular weight is 394 g/mol. The van der Waals surface area contributed by atoms with Crippen LogP contribution in [0.1, 0.15) is 0 Å². The molecule has 0 aliphatic carbocycles. The standard InChI is InChI=1S/C8F14O2/c9-1(10)2(11)24-8(21,22)7(19,20)6(17,18)5(15,16)4(13,14)3(12)23. The third-order valence-corrected chi connectivity index (χ3v) is 2.16. The SMILES string of the molecule is O=C(F)C(F)(F)C(F)(F)C(F)(F)C(F)(F)C(F)(F)OC(F)=C(F)F. The molecule has 0 N–H and O–H groups in total. The molecule has 0 aliphatic rings. The van der Waals surface area contributed by atoms with E-state index in [-0.39, 0.29) is 0 Å². The summed E-state index contributed by atoms with van der Waals surface area (Å²) >= 11 is 0. The zero-order chi connectivity index (χ0) is 19.9. The van der Waals surface area contributed by atoms with Gasteiger partial charge in [-0.1, -0.05) is 0 Å². The van der Waals surface area contributed by atoms with Gasteiger partial charge in [0.1, 0.15) is 0 Å². The van der Waals surface area contributed by atoms with Gasteiger partial charge < -0.3 is 4.74 Å². The smallest absolute Gasteiger partial charge is 0.397 e. The van der Waals surface area contributed by atoms with Crippen molar-refractivity contribution in [3.63, 3.8) is 0 Å². The molecule has 0 rings (SSSR count). The summed E-state index contributed by atoms with van der Waals surface area (Å²) in [6.45, 7) is 0. The quantitative estimate of drug-likeness (QED) is 0.357. The molecular formula is C8F14O2. The van der Waals surface area contributed by atoms with Crippen LogP contribution in [0.25, 0.3) is 0 Å². The summed E-state index contributed by atoms with van der Waals surface area (Å²) in [7, 11) is 0. The highest BCUT2D eigenvalue weighted by molar-refractivity contribution is 5.78. The van der Waals surface area contributed by atoms with E-state index >= 15 is 0 Å². The van der Waals surface area contributed by atoms with E-state index in [1.807, 2.05) is 0 Å². The van der Waals surface area contributed by atoms with Gasteiger partial charge in [0.05, 0.1) is 0 Å². The number of hydrogen-bond donors (Lipinski definition) is 0. The predicted octanol–water partition coefficient (Wildman–Crippen LogP) is 4.67.